The maximum absolute atomic E-state index is 5.53. The minimum atomic E-state index is 0.461. The third-order valence-corrected chi connectivity index (χ3v) is 17.1. The van der Waals surface area contributed by atoms with Crippen LogP contribution in [0.1, 0.15) is 0 Å². The van der Waals surface area contributed by atoms with E-state index in [-0.39, 0.29) is 0 Å². The van der Waals surface area contributed by atoms with Crippen LogP contribution in [0.25, 0.3) is 168 Å². The molecule has 17 aromatic rings. The summed E-state index contributed by atoms with van der Waals surface area (Å²) in [5.74, 6) is 3.04. The molecule has 6 aromatic heterocycles. The van der Waals surface area contributed by atoms with Gasteiger partial charge in [-0.15, -0.1) is 0 Å². The van der Waals surface area contributed by atoms with Crippen molar-refractivity contribution >= 4 is 43.6 Å². The highest BCUT2D eigenvalue weighted by Crippen LogP contribution is 2.45. The van der Waals surface area contributed by atoms with Gasteiger partial charge in [-0.1, -0.05) is 243 Å². The fourth-order valence-electron chi connectivity index (χ4n) is 12.7. The Labute approximate surface area is 529 Å². The predicted molar refractivity (Wildman–Crippen MR) is 372 cm³/mol. The average Bonchev–Trinajstić information content (AvgIpc) is 1.53. The van der Waals surface area contributed by atoms with E-state index in [1.54, 1.807) is 0 Å². The van der Waals surface area contributed by atoms with E-state index in [1.807, 2.05) is 133 Å². The summed E-state index contributed by atoms with van der Waals surface area (Å²) in [7, 11) is 0. The Bertz CT molecular complexity index is 5160. The SMILES string of the molecule is c1ccc(-c2cccc(-c3ccc4c(c3)c3ccccc3n4-c3cc(-n4c5ccccc5c5cc(-c6cccc(-c7ccccc7)n6)ccc54)c(-c4nc(-c5ccccc5)nc(-c5ccccc5)n4)cc3-c3nc(-c4ccccc4)nc(-c4ccccc4)n3)n2)cc1. The number of pyridine rings is 2. The van der Waals surface area contributed by atoms with Crippen molar-refractivity contribution in [3.05, 3.63) is 315 Å². The number of hydrogen-bond donors (Lipinski definition) is 0. The number of para-hydroxylation sites is 2. The van der Waals surface area contributed by atoms with E-state index >= 15 is 0 Å². The van der Waals surface area contributed by atoms with E-state index in [0.717, 1.165) is 133 Å². The van der Waals surface area contributed by atoms with Gasteiger partial charge < -0.3 is 9.13 Å². The quantitative estimate of drug-likeness (QED) is 0.119. The van der Waals surface area contributed by atoms with Gasteiger partial charge in [0, 0.05) is 77.2 Å². The van der Waals surface area contributed by atoms with Crippen LogP contribution in [0, 0.1) is 0 Å². The van der Waals surface area contributed by atoms with Crippen LogP contribution in [0.3, 0.4) is 0 Å². The molecule has 0 aliphatic rings. The second kappa shape index (κ2) is 22.8. The highest BCUT2D eigenvalue weighted by atomic mass is 15.1. The molecule has 0 saturated carbocycles. The fourth-order valence-corrected chi connectivity index (χ4v) is 12.7. The molecule has 0 fully saturated rings. The zero-order chi connectivity index (χ0) is 60.9. The van der Waals surface area contributed by atoms with E-state index in [4.69, 9.17) is 39.9 Å². The first-order valence-electron chi connectivity index (χ1n) is 30.7. The normalized spacial score (nSPS) is 11.5. The molecule has 10 heteroatoms. The van der Waals surface area contributed by atoms with Gasteiger partial charge in [-0.25, -0.2) is 39.9 Å². The number of rotatable bonds is 12. The Balaban J connectivity index is 0.992. The minimum absolute atomic E-state index is 0.461. The van der Waals surface area contributed by atoms with Crippen LogP contribution in [-0.4, -0.2) is 49.0 Å². The number of aromatic nitrogens is 10. The molecule has 11 aromatic carbocycles. The zero-order valence-corrected chi connectivity index (χ0v) is 49.5. The smallest absolute Gasteiger partial charge is 0.166 e. The zero-order valence-electron chi connectivity index (χ0n) is 49.5. The monoisotopic (exact) mass is 1180 g/mol. The molecular formula is C82H52N10. The van der Waals surface area contributed by atoms with Crippen molar-refractivity contribution in [2.75, 3.05) is 0 Å². The first-order valence-corrected chi connectivity index (χ1v) is 30.7. The highest BCUT2D eigenvalue weighted by molar-refractivity contribution is 6.13. The van der Waals surface area contributed by atoms with Gasteiger partial charge >= 0.3 is 0 Å². The molecule has 0 radical (unpaired) electrons. The minimum Gasteiger partial charge on any atom is -0.308 e. The molecule has 6 heterocycles. The Morgan fingerprint density at radius 2 is 0.457 bits per heavy atom. The highest BCUT2D eigenvalue weighted by Gasteiger charge is 2.27. The van der Waals surface area contributed by atoms with Crippen LogP contribution in [0.4, 0.5) is 0 Å². The van der Waals surface area contributed by atoms with Gasteiger partial charge in [-0.2, -0.15) is 0 Å². The van der Waals surface area contributed by atoms with Gasteiger partial charge in [-0.05, 0) is 72.8 Å². The summed E-state index contributed by atoms with van der Waals surface area (Å²) in [6, 6.07) is 109. The first-order chi connectivity index (χ1) is 45.6. The molecule has 430 valence electrons. The third kappa shape index (κ3) is 9.72. The number of hydrogen-bond acceptors (Lipinski definition) is 8. The molecule has 0 unspecified atom stereocenters. The molecule has 10 nitrogen and oxygen atoms in total. The molecular weight excluding hydrogens is 1120 g/mol. The molecule has 17 rings (SSSR count). The molecule has 92 heavy (non-hydrogen) atoms. The second-order valence-corrected chi connectivity index (χ2v) is 22.7. The predicted octanol–water partition coefficient (Wildman–Crippen LogP) is 19.7. The number of benzene rings is 11. The van der Waals surface area contributed by atoms with E-state index in [2.05, 4.69) is 191 Å². The van der Waals surface area contributed by atoms with Gasteiger partial charge in [0.2, 0.25) is 0 Å². The molecule has 0 aliphatic carbocycles. The maximum atomic E-state index is 5.53. The Kier molecular flexibility index (Phi) is 13.3. The molecule has 0 bridgehead atoms. The molecule has 0 amide bonds. The molecule has 0 N–H and O–H groups in total. The topological polar surface area (TPSA) is 113 Å². The Hall–Kier alpha value is -12.7. The molecule has 0 saturated heterocycles. The van der Waals surface area contributed by atoms with Crippen molar-refractivity contribution in [2.45, 2.75) is 0 Å². The van der Waals surface area contributed by atoms with Gasteiger partial charge in [0.25, 0.3) is 0 Å². The van der Waals surface area contributed by atoms with Crippen LogP contribution in [-0.2, 0) is 0 Å². The summed E-state index contributed by atoms with van der Waals surface area (Å²) in [4.78, 5) is 43.1. The van der Waals surface area contributed by atoms with Gasteiger partial charge in [0.05, 0.1) is 56.2 Å². The fraction of sp³-hybridized carbons (Fsp3) is 0. The van der Waals surface area contributed by atoms with Crippen molar-refractivity contribution in [1.29, 1.82) is 0 Å². The van der Waals surface area contributed by atoms with Crippen LogP contribution in [0.15, 0.2) is 315 Å². The maximum Gasteiger partial charge on any atom is 0.166 e. The third-order valence-electron chi connectivity index (χ3n) is 17.1. The lowest BCUT2D eigenvalue weighted by molar-refractivity contribution is 1.05. The summed E-state index contributed by atoms with van der Waals surface area (Å²) in [6.45, 7) is 0. The first kappa shape index (κ1) is 53.6. The van der Waals surface area contributed by atoms with Crippen LogP contribution >= 0.6 is 0 Å². The lowest BCUT2D eigenvalue weighted by Crippen LogP contribution is -2.08. The van der Waals surface area contributed by atoms with E-state index in [1.165, 1.54) is 0 Å². The van der Waals surface area contributed by atoms with Crippen LogP contribution in [0.5, 0.6) is 0 Å². The van der Waals surface area contributed by atoms with Gasteiger partial charge in [0.1, 0.15) is 0 Å². The lowest BCUT2D eigenvalue weighted by atomic mass is 10.0. The van der Waals surface area contributed by atoms with Crippen LogP contribution < -0.4 is 0 Å². The standard InChI is InChI=1S/C82H52N10/c1-7-25-53(26-8-1)67-39-23-41-69(83-67)59-45-47-73-63(49-59)61-37-19-21-43-71(61)91(73)75-52-76(92-72-44-22-20-38-62(72)64-50-60(46-48-74(64)92)70-42-24-40-68(84-70)54-27-9-2-10-28-54)66(82-89-79(57-33-15-5-16-34-57)86-80(90-82)58-35-17-6-18-36-58)51-65(75)81-87-77(55-29-11-3-12-30-55)85-78(88-81)56-31-13-4-14-32-56/h1-52H. The van der Waals surface area contributed by atoms with Gasteiger partial charge in [-0.3, -0.25) is 0 Å². The van der Waals surface area contributed by atoms with Crippen molar-refractivity contribution in [3.8, 4) is 125 Å². The molecule has 0 spiro atoms. The van der Waals surface area contributed by atoms with E-state index < -0.39 is 0 Å². The number of nitrogens with zero attached hydrogens (tertiary/aromatic N) is 10. The van der Waals surface area contributed by atoms with Crippen molar-refractivity contribution in [2.24, 2.45) is 0 Å². The summed E-state index contributed by atoms with van der Waals surface area (Å²) in [5, 5.41) is 4.24. The Morgan fingerprint density at radius 1 is 0.174 bits per heavy atom. The second-order valence-electron chi connectivity index (χ2n) is 22.7. The van der Waals surface area contributed by atoms with Crippen molar-refractivity contribution < 1.29 is 0 Å². The van der Waals surface area contributed by atoms with Crippen LogP contribution in [0.2, 0.25) is 0 Å². The summed E-state index contributed by atoms with van der Waals surface area (Å²) in [6.07, 6.45) is 0. The van der Waals surface area contributed by atoms with Crippen molar-refractivity contribution in [1.82, 2.24) is 49.0 Å². The largest absolute Gasteiger partial charge is 0.308 e. The van der Waals surface area contributed by atoms with Crippen molar-refractivity contribution in [3.63, 3.8) is 0 Å². The molecule has 0 atom stereocenters. The van der Waals surface area contributed by atoms with Gasteiger partial charge in [0.15, 0.2) is 34.9 Å². The summed E-state index contributed by atoms with van der Waals surface area (Å²) >= 11 is 0. The Morgan fingerprint density at radius 3 is 0.804 bits per heavy atom. The summed E-state index contributed by atoms with van der Waals surface area (Å²) in [5.41, 5.74) is 18.1. The summed E-state index contributed by atoms with van der Waals surface area (Å²) < 4.78 is 4.74. The van der Waals surface area contributed by atoms with E-state index in [9.17, 15) is 0 Å². The average molecular weight is 1180 g/mol. The number of fused-ring (bicyclic) bond motifs is 6. The molecule has 0 aliphatic heterocycles. The lowest BCUT2D eigenvalue weighted by Gasteiger charge is -2.21. The van der Waals surface area contributed by atoms with E-state index in [0.29, 0.717) is 34.9 Å².